The number of β-amino-alcohol motifs (C(OH)–C–C–N with tert-alkyl or cyclic N) is 1. The monoisotopic (exact) mass is 214 g/mol. The van der Waals surface area contributed by atoms with Crippen LogP contribution in [0.1, 0.15) is 34.6 Å². The van der Waals surface area contributed by atoms with E-state index >= 15 is 0 Å². The van der Waals surface area contributed by atoms with Gasteiger partial charge in [0.05, 0.1) is 5.60 Å². The fourth-order valence-electron chi connectivity index (χ4n) is 2.12. The van der Waals surface area contributed by atoms with Crippen LogP contribution >= 0.6 is 0 Å². The largest absolute Gasteiger partial charge is 0.389 e. The van der Waals surface area contributed by atoms with Crippen LogP contribution in [0.15, 0.2) is 0 Å². The lowest BCUT2D eigenvalue weighted by Crippen LogP contribution is -2.55. The highest BCUT2D eigenvalue weighted by atomic mass is 16.3. The third kappa shape index (κ3) is 4.49. The maximum Gasteiger partial charge on any atom is 0.0718 e. The first-order valence-electron chi connectivity index (χ1n) is 5.88. The fraction of sp³-hybridized carbons (Fsp3) is 1.00. The predicted octanol–water partition coefficient (Wildman–Crippen LogP) is 1.17. The van der Waals surface area contributed by atoms with Crippen LogP contribution in [0, 0.1) is 0 Å². The van der Waals surface area contributed by atoms with Gasteiger partial charge in [-0.1, -0.05) is 0 Å². The van der Waals surface area contributed by atoms with Gasteiger partial charge in [0.2, 0.25) is 0 Å². The summed E-state index contributed by atoms with van der Waals surface area (Å²) in [5.41, 5.74) is -0.287. The normalized spacial score (nSPS) is 22.0. The van der Waals surface area contributed by atoms with Crippen LogP contribution < -0.4 is 0 Å². The standard InChI is InChI=1S/C12H26N2O/c1-11(2,3)14-8-6-13(7-9-14)10-12(4,5)15/h15H,6-10H2,1-5H3. The quantitative estimate of drug-likeness (QED) is 0.747. The summed E-state index contributed by atoms with van der Waals surface area (Å²) < 4.78 is 0. The van der Waals surface area contributed by atoms with Gasteiger partial charge in [-0.15, -0.1) is 0 Å². The highest BCUT2D eigenvalue weighted by molar-refractivity contribution is 4.83. The maximum absolute atomic E-state index is 9.74. The molecular formula is C12H26N2O. The molecule has 0 bridgehead atoms. The number of rotatable bonds is 2. The lowest BCUT2D eigenvalue weighted by atomic mass is 10.0. The fourth-order valence-corrected chi connectivity index (χ4v) is 2.12. The molecular weight excluding hydrogens is 188 g/mol. The van der Waals surface area contributed by atoms with Gasteiger partial charge in [0.15, 0.2) is 0 Å². The summed E-state index contributed by atoms with van der Waals surface area (Å²) in [7, 11) is 0. The minimum atomic E-state index is -0.566. The van der Waals surface area contributed by atoms with Gasteiger partial charge < -0.3 is 5.11 Å². The zero-order chi connectivity index (χ0) is 11.7. The molecule has 0 aromatic carbocycles. The number of piperazine rings is 1. The topological polar surface area (TPSA) is 26.7 Å². The van der Waals surface area contributed by atoms with Crippen molar-refractivity contribution in [2.75, 3.05) is 32.7 Å². The summed E-state index contributed by atoms with van der Waals surface area (Å²) in [5.74, 6) is 0. The van der Waals surface area contributed by atoms with Crippen LogP contribution in [0.5, 0.6) is 0 Å². The van der Waals surface area contributed by atoms with Crippen molar-refractivity contribution in [1.29, 1.82) is 0 Å². The second kappa shape index (κ2) is 4.40. The van der Waals surface area contributed by atoms with E-state index in [4.69, 9.17) is 0 Å². The number of hydrogen-bond acceptors (Lipinski definition) is 3. The van der Waals surface area contributed by atoms with Crippen LogP contribution in [0.25, 0.3) is 0 Å². The number of hydrogen-bond donors (Lipinski definition) is 1. The molecule has 1 N–H and O–H groups in total. The molecule has 90 valence electrons. The molecule has 0 aromatic heterocycles. The van der Waals surface area contributed by atoms with Crippen molar-refractivity contribution in [2.24, 2.45) is 0 Å². The summed E-state index contributed by atoms with van der Waals surface area (Å²) in [6.45, 7) is 15.7. The van der Waals surface area contributed by atoms with E-state index in [0.717, 1.165) is 32.7 Å². The van der Waals surface area contributed by atoms with Crippen molar-refractivity contribution in [2.45, 2.75) is 45.8 Å². The zero-order valence-corrected chi connectivity index (χ0v) is 10.9. The van der Waals surface area contributed by atoms with E-state index in [-0.39, 0.29) is 5.54 Å². The van der Waals surface area contributed by atoms with E-state index in [0.29, 0.717) is 0 Å². The molecule has 0 spiro atoms. The van der Waals surface area contributed by atoms with Gasteiger partial charge in [0.25, 0.3) is 0 Å². The molecule has 0 saturated carbocycles. The summed E-state index contributed by atoms with van der Waals surface area (Å²) in [5, 5.41) is 9.74. The van der Waals surface area contributed by atoms with Gasteiger partial charge in [0.1, 0.15) is 0 Å². The van der Waals surface area contributed by atoms with Crippen molar-refractivity contribution in [3.63, 3.8) is 0 Å². The first kappa shape index (κ1) is 12.9. The Hall–Kier alpha value is -0.120. The SMILES string of the molecule is CC(C)(O)CN1CCN(C(C)(C)C)CC1. The van der Waals surface area contributed by atoms with Crippen molar-refractivity contribution < 1.29 is 5.11 Å². The van der Waals surface area contributed by atoms with Crippen molar-refractivity contribution in [3.8, 4) is 0 Å². The summed E-state index contributed by atoms with van der Waals surface area (Å²) in [6.07, 6.45) is 0. The molecule has 1 fully saturated rings. The smallest absolute Gasteiger partial charge is 0.0718 e. The van der Waals surface area contributed by atoms with Crippen molar-refractivity contribution in [3.05, 3.63) is 0 Å². The molecule has 0 atom stereocenters. The molecule has 1 aliphatic rings. The first-order valence-corrected chi connectivity index (χ1v) is 5.88. The lowest BCUT2D eigenvalue weighted by molar-refractivity contribution is 0.00193. The number of aliphatic hydroxyl groups is 1. The van der Waals surface area contributed by atoms with E-state index in [1.807, 2.05) is 13.8 Å². The van der Waals surface area contributed by atoms with E-state index < -0.39 is 5.60 Å². The summed E-state index contributed by atoms with van der Waals surface area (Å²) >= 11 is 0. The Bertz CT molecular complexity index is 195. The molecule has 1 rings (SSSR count). The molecule has 3 heteroatoms. The highest BCUT2D eigenvalue weighted by Crippen LogP contribution is 2.16. The third-order valence-corrected chi connectivity index (χ3v) is 2.93. The molecule has 0 aromatic rings. The zero-order valence-electron chi connectivity index (χ0n) is 10.9. The Morgan fingerprint density at radius 3 is 1.73 bits per heavy atom. The molecule has 15 heavy (non-hydrogen) atoms. The minimum absolute atomic E-state index is 0.279. The van der Waals surface area contributed by atoms with Gasteiger partial charge in [-0.25, -0.2) is 0 Å². The van der Waals surface area contributed by atoms with E-state index in [2.05, 4.69) is 30.6 Å². The van der Waals surface area contributed by atoms with E-state index in [1.165, 1.54) is 0 Å². The second-order valence-electron chi connectivity index (χ2n) is 6.25. The second-order valence-corrected chi connectivity index (χ2v) is 6.25. The van der Waals surface area contributed by atoms with Gasteiger partial charge in [-0.2, -0.15) is 0 Å². The molecule has 1 saturated heterocycles. The molecule has 1 aliphatic heterocycles. The average Bonchev–Trinajstić information content (AvgIpc) is 2.00. The Labute approximate surface area is 94.1 Å². The molecule has 0 radical (unpaired) electrons. The van der Waals surface area contributed by atoms with Crippen LogP contribution in [-0.4, -0.2) is 58.8 Å². The van der Waals surface area contributed by atoms with Crippen molar-refractivity contribution >= 4 is 0 Å². The molecule has 1 heterocycles. The van der Waals surface area contributed by atoms with Gasteiger partial charge in [-0.05, 0) is 34.6 Å². The molecule has 3 nitrogen and oxygen atoms in total. The van der Waals surface area contributed by atoms with Gasteiger partial charge in [-0.3, -0.25) is 9.80 Å². The Morgan fingerprint density at radius 1 is 0.933 bits per heavy atom. The molecule has 0 unspecified atom stereocenters. The maximum atomic E-state index is 9.74. The molecule has 0 amide bonds. The summed E-state index contributed by atoms with van der Waals surface area (Å²) in [6, 6.07) is 0. The third-order valence-electron chi connectivity index (χ3n) is 2.93. The lowest BCUT2D eigenvalue weighted by Gasteiger charge is -2.43. The Kier molecular flexibility index (Phi) is 3.80. The van der Waals surface area contributed by atoms with Crippen LogP contribution in [0.3, 0.4) is 0 Å². The van der Waals surface area contributed by atoms with Crippen LogP contribution in [-0.2, 0) is 0 Å². The highest BCUT2D eigenvalue weighted by Gasteiger charge is 2.27. The Morgan fingerprint density at radius 2 is 1.40 bits per heavy atom. The average molecular weight is 214 g/mol. The minimum Gasteiger partial charge on any atom is -0.389 e. The van der Waals surface area contributed by atoms with Gasteiger partial charge >= 0.3 is 0 Å². The predicted molar refractivity (Wildman–Crippen MR) is 64.1 cm³/mol. The first-order chi connectivity index (χ1) is 6.68. The van der Waals surface area contributed by atoms with Crippen LogP contribution in [0.4, 0.5) is 0 Å². The Balaban J connectivity index is 2.37. The van der Waals surface area contributed by atoms with E-state index in [1.54, 1.807) is 0 Å². The van der Waals surface area contributed by atoms with Gasteiger partial charge in [0, 0.05) is 38.3 Å². The van der Waals surface area contributed by atoms with E-state index in [9.17, 15) is 5.11 Å². The van der Waals surface area contributed by atoms with Crippen LogP contribution in [0.2, 0.25) is 0 Å². The number of nitrogens with zero attached hydrogens (tertiary/aromatic N) is 2. The summed E-state index contributed by atoms with van der Waals surface area (Å²) in [4.78, 5) is 4.86. The molecule has 0 aliphatic carbocycles. The van der Waals surface area contributed by atoms with Crippen molar-refractivity contribution in [1.82, 2.24) is 9.80 Å².